The van der Waals surface area contributed by atoms with Gasteiger partial charge in [-0.2, -0.15) is 0 Å². The maximum atomic E-state index is 10.7. The average molecular weight is 159 g/mol. The minimum absolute atomic E-state index is 0.104. The molecule has 0 aliphatic rings. The second kappa shape index (κ2) is 4.85. The normalized spacial score (nSPS) is 12.3. The van der Waals surface area contributed by atoms with Gasteiger partial charge in [0.15, 0.2) is 0 Å². The van der Waals surface area contributed by atoms with Crippen LogP contribution in [0.15, 0.2) is 0 Å². The van der Waals surface area contributed by atoms with Crippen molar-refractivity contribution in [3.63, 3.8) is 0 Å². The second-order valence-electron chi connectivity index (χ2n) is 2.53. The van der Waals surface area contributed by atoms with Crippen molar-refractivity contribution in [2.45, 2.75) is 26.4 Å². The Morgan fingerprint density at radius 1 is 1.55 bits per heavy atom. The predicted molar refractivity (Wildman–Crippen MR) is 40.0 cm³/mol. The van der Waals surface area contributed by atoms with E-state index in [1.807, 2.05) is 0 Å². The highest BCUT2D eigenvalue weighted by molar-refractivity contribution is 5.96. The molecular weight excluding hydrogens is 146 g/mol. The lowest BCUT2D eigenvalue weighted by Crippen LogP contribution is -2.31. The van der Waals surface area contributed by atoms with E-state index in [1.54, 1.807) is 6.92 Å². The Bertz CT molecular complexity index is 154. The van der Waals surface area contributed by atoms with Gasteiger partial charge in [-0.05, 0) is 13.8 Å². The first-order valence-electron chi connectivity index (χ1n) is 3.46. The summed E-state index contributed by atoms with van der Waals surface area (Å²) in [5, 5.41) is 11.1. The topological polar surface area (TPSA) is 66.4 Å². The van der Waals surface area contributed by atoms with Crippen molar-refractivity contribution < 1.29 is 14.7 Å². The Balaban J connectivity index is 3.46. The molecule has 4 nitrogen and oxygen atoms in total. The van der Waals surface area contributed by atoms with Crippen molar-refractivity contribution in [3.05, 3.63) is 0 Å². The third-order valence-electron chi connectivity index (χ3n) is 1.00. The number of carbonyl (C=O) groups is 2. The van der Waals surface area contributed by atoms with Gasteiger partial charge in [0.05, 0.1) is 12.5 Å². The molecule has 0 aromatic rings. The van der Waals surface area contributed by atoms with Crippen LogP contribution < -0.4 is 5.32 Å². The monoisotopic (exact) mass is 159 g/mol. The van der Waals surface area contributed by atoms with Crippen LogP contribution in [0.3, 0.4) is 0 Å². The van der Waals surface area contributed by atoms with E-state index in [-0.39, 0.29) is 24.7 Å². The summed E-state index contributed by atoms with van der Waals surface area (Å²) < 4.78 is 0. The minimum atomic E-state index is -0.564. The molecule has 0 radical (unpaired) electrons. The largest absolute Gasteiger partial charge is 0.392 e. The zero-order chi connectivity index (χ0) is 8.85. The van der Waals surface area contributed by atoms with Gasteiger partial charge in [-0.3, -0.25) is 9.59 Å². The molecule has 0 heterocycles. The number of rotatable bonds is 4. The third kappa shape index (κ3) is 6.99. The molecule has 0 aromatic carbocycles. The SMILES string of the molecule is CC(=O)CC(=O)NC[C@@H](C)O. The van der Waals surface area contributed by atoms with E-state index in [4.69, 9.17) is 5.11 Å². The number of hydrogen-bond donors (Lipinski definition) is 2. The maximum Gasteiger partial charge on any atom is 0.227 e. The zero-order valence-electron chi connectivity index (χ0n) is 6.76. The van der Waals surface area contributed by atoms with Gasteiger partial charge in [0.2, 0.25) is 5.91 Å². The highest BCUT2D eigenvalue weighted by Crippen LogP contribution is 1.82. The van der Waals surface area contributed by atoms with Crippen molar-refractivity contribution in [2.75, 3.05) is 6.54 Å². The molecule has 0 saturated heterocycles. The fourth-order valence-electron chi connectivity index (χ4n) is 0.550. The molecule has 0 rings (SSSR count). The van der Waals surface area contributed by atoms with Gasteiger partial charge in [-0.15, -0.1) is 0 Å². The smallest absolute Gasteiger partial charge is 0.227 e. The first-order valence-corrected chi connectivity index (χ1v) is 3.46. The molecule has 0 fully saturated rings. The molecule has 0 spiro atoms. The molecule has 0 unspecified atom stereocenters. The molecule has 1 amide bonds. The van der Waals surface area contributed by atoms with Crippen molar-refractivity contribution in [1.82, 2.24) is 5.32 Å². The van der Waals surface area contributed by atoms with E-state index >= 15 is 0 Å². The molecule has 4 heteroatoms. The molecule has 0 aromatic heterocycles. The first kappa shape index (κ1) is 10.1. The van der Waals surface area contributed by atoms with Crippen molar-refractivity contribution in [2.24, 2.45) is 0 Å². The van der Waals surface area contributed by atoms with Crippen molar-refractivity contribution >= 4 is 11.7 Å². The summed E-state index contributed by atoms with van der Waals surface area (Å²) in [6.07, 6.45) is -0.668. The quantitative estimate of drug-likeness (QED) is 0.541. The molecular formula is C7H13NO3. The van der Waals surface area contributed by atoms with Gasteiger partial charge < -0.3 is 10.4 Å². The highest BCUT2D eigenvalue weighted by Gasteiger charge is 2.04. The number of aliphatic hydroxyl groups is 1. The fraction of sp³-hybridized carbons (Fsp3) is 0.714. The first-order chi connectivity index (χ1) is 5.02. The molecule has 0 aliphatic carbocycles. The van der Waals surface area contributed by atoms with E-state index in [1.165, 1.54) is 6.92 Å². The summed E-state index contributed by atoms with van der Waals surface area (Å²) in [4.78, 5) is 21.1. The Morgan fingerprint density at radius 2 is 2.09 bits per heavy atom. The summed E-state index contributed by atoms with van der Waals surface area (Å²) in [5.41, 5.74) is 0. The van der Waals surface area contributed by atoms with Crippen molar-refractivity contribution in [3.8, 4) is 0 Å². The molecule has 64 valence electrons. The minimum Gasteiger partial charge on any atom is -0.392 e. The molecule has 11 heavy (non-hydrogen) atoms. The number of nitrogens with one attached hydrogen (secondary N) is 1. The predicted octanol–water partition coefficient (Wildman–Crippen LogP) is -0.537. The second-order valence-corrected chi connectivity index (χ2v) is 2.53. The zero-order valence-corrected chi connectivity index (χ0v) is 6.76. The van der Waals surface area contributed by atoms with Crippen LogP contribution in [0.25, 0.3) is 0 Å². The fourth-order valence-corrected chi connectivity index (χ4v) is 0.550. The Hall–Kier alpha value is -0.900. The number of amides is 1. The van der Waals surface area contributed by atoms with E-state index in [2.05, 4.69) is 5.32 Å². The van der Waals surface area contributed by atoms with Crippen LogP contribution in [0.5, 0.6) is 0 Å². The van der Waals surface area contributed by atoms with Gasteiger partial charge in [-0.25, -0.2) is 0 Å². The molecule has 0 aliphatic heterocycles. The average Bonchev–Trinajstić information content (AvgIpc) is 1.82. The van der Waals surface area contributed by atoms with Gasteiger partial charge in [-0.1, -0.05) is 0 Å². The summed E-state index contributed by atoms with van der Waals surface area (Å²) in [7, 11) is 0. The Morgan fingerprint density at radius 3 is 2.45 bits per heavy atom. The van der Waals surface area contributed by atoms with E-state index in [0.29, 0.717) is 0 Å². The highest BCUT2D eigenvalue weighted by atomic mass is 16.3. The van der Waals surface area contributed by atoms with E-state index < -0.39 is 6.10 Å². The molecule has 0 bridgehead atoms. The summed E-state index contributed by atoms with van der Waals surface area (Å²) in [6.45, 7) is 3.11. The van der Waals surface area contributed by atoms with Gasteiger partial charge >= 0.3 is 0 Å². The molecule has 0 saturated carbocycles. The lowest BCUT2D eigenvalue weighted by molar-refractivity contribution is -0.127. The third-order valence-corrected chi connectivity index (χ3v) is 1.00. The molecule has 2 N–H and O–H groups in total. The number of hydrogen-bond acceptors (Lipinski definition) is 3. The number of carbonyl (C=O) groups excluding carboxylic acids is 2. The van der Waals surface area contributed by atoms with Crippen LogP contribution in [0.1, 0.15) is 20.3 Å². The van der Waals surface area contributed by atoms with Crippen molar-refractivity contribution in [1.29, 1.82) is 0 Å². The summed E-state index contributed by atoms with van der Waals surface area (Å²) in [6, 6.07) is 0. The van der Waals surface area contributed by atoms with Crippen LogP contribution in [-0.4, -0.2) is 29.4 Å². The number of aliphatic hydroxyl groups excluding tert-OH is 1. The van der Waals surface area contributed by atoms with Gasteiger partial charge in [0.25, 0.3) is 0 Å². The maximum absolute atomic E-state index is 10.7. The standard InChI is InChI=1S/C7H13NO3/c1-5(9)3-7(11)8-4-6(2)10/h6,10H,3-4H2,1-2H3,(H,8,11)/t6-/m1/s1. The van der Waals surface area contributed by atoms with Crippen LogP contribution in [0.2, 0.25) is 0 Å². The summed E-state index contributed by atoms with van der Waals surface area (Å²) >= 11 is 0. The van der Waals surface area contributed by atoms with Crippen LogP contribution in [0.4, 0.5) is 0 Å². The van der Waals surface area contributed by atoms with Crippen LogP contribution >= 0.6 is 0 Å². The van der Waals surface area contributed by atoms with Gasteiger partial charge in [0, 0.05) is 6.54 Å². The Kier molecular flexibility index (Phi) is 4.45. The van der Waals surface area contributed by atoms with Crippen LogP contribution in [0, 0.1) is 0 Å². The molecule has 1 atom stereocenters. The van der Waals surface area contributed by atoms with E-state index in [9.17, 15) is 9.59 Å². The number of Topliss-reactive ketones (excluding diaryl/α,β-unsaturated/α-hetero) is 1. The lowest BCUT2D eigenvalue weighted by Gasteiger charge is -2.04. The van der Waals surface area contributed by atoms with E-state index in [0.717, 1.165) is 0 Å². The lowest BCUT2D eigenvalue weighted by atomic mass is 10.3. The van der Waals surface area contributed by atoms with Gasteiger partial charge in [0.1, 0.15) is 5.78 Å². The number of ketones is 1. The summed E-state index contributed by atoms with van der Waals surface area (Å²) in [5.74, 6) is -0.508. The Labute approximate surface area is 65.6 Å². The van der Waals surface area contributed by atoms with Crippen LogP contribution in [-0.2, 0) is 9.59 Å².